The molecule has 6 heteroatoms. The van der Waals surface area contributed by atoms with Crippen LogP contribution in [0.25, 0.3) is 22.2 Å². The molecule has 0 saturated carbocycles. The summed E-state index contributed by atoms with van der Waals surface area (Å²) < 4.78 is 5.28. The molecule has 152 valence electrons. The van der Waals surface area contributed by atoms with Gasteiger partial charge in [0, 0.05) is 28.1 Å². The Morgan fingerprint density at radius 3 is 2.53 bits per heavy atom. The first-order valence-corrected chi connectivity index (χ1v) is 10.9. The van der Waals surface area contributed by atoms with Crippen LogP contribution in [0, 0.1) is 0 Å². The van der Waals surface area contributed by atoms with Gasteiger partial charge in [-0.3, -0.25) is 4.79 Å². The Morgan fingerprint density at radius 2 is 1.77 bits per heavy atom. The van der Waals surface area contributed by atoms with Crippen molar-refractivity contribution in [1.82, 2.24) is 10.3 Å². The molecule has 2 N–H and O–H groups in total. The quantitative estimate of drug-likeness (QED) is 0.275. The molecule has 0 saturated heterocycles. The van der Waals surface area contributed by atoms with Gasteiger partial charge in [0.15, 0.2) is 0 Å². The highest BCUT2D eigenvalue weighted by Crippen LogP contribution is 2.38. The molecule has 1 heterocycles. The lowest BCUT2D eigenvalue weighted by molar-refractivity contribution is 0.0956. The normalized spacial score (nSPS) is 10.9. The summed E-state index contributed by atoms with van der Waals surface area (Å²) in [5.41, 5.74) is 3.75. The van der Waals surface area contributed by atoms with Crippen molar-refractivity contribution in [3.05, 3.63) is 83.4 Å². The predicted molar refractivity (Wildman–Crippen MR) is 125 cm³/mol. The number of hydrogen-bond acceptors (Lipinski definition) is 3. The van der Waals surface area contributed by atoms with E-state index in [1.165, 1.54) is 10.3 Å². The van der Waals surface area contributed by atoms with Crippen LogP contribution in [0.4, 0.5) is 0 Å². The van der Waals surface area contributed by atoms with E-state index in [1.807, 2.05) is 48.5 Å². The number of carbonyl (C=O) groups excluding carboxylic acids is 1. The Balaban J connectivity index is 1.50. The van der Waals surface area contributed by atoms with Crippen molar-refractivity contribution in [3.63, 3.8) is 0 Å². The van der Waals surface area contributed by atoms with Crippen LogP contribution in [0.5, 0.6) is 5.75 Å². The van der Waals surface area contributed by atoms with E-state index in [0.717, 1.165) is 28.3 Å². The molecular weight excluding hydrogens is 416 g/mol. The van der Waals surface area contributed by atoms with Gasteiger partial charge in [0.2, 0.25) is 0 Å². The summed E-state index contributed by atoms with van der Waals surface area (Å²) in [6.07, 6.45) is 0. The number of aromatic amines is 1. The van der Waals surface area contributed by atoms with Crippen LogP contribution >= 0.6 is 23.4 Å². The third-order valence-electron chi connectivity index (χ3n) is 4.79. The smallest absolute Gasteiger partial charge is 0.252 e. The summed E-state index contributed by atoms with van der Waals surface area (Å²) in [6.45, 7) is 0.538. The highest BCUT2D eigenvalue weighted by molar-refractivity contribution is 7.99. The summed E-state index contributed by atoms with van der Waals surface area (Å²) in [7, 11) is 1.66. The summed E-state index contributed by atoms with van der Waals surface area (Å²) in [4.78, 5) is 17.1. The maximum Gasteiger partial charge on any atom is 0.252 e. The maximum atomic E-state index is 12.4. The first-order valence-electron chi connectivity index (χ1n) is 9.58. The SMILES string of the molecule is COc1ccc(-c2[nH]c3ccccc3c2SCCNC(=O)c2ccccc2Cl)cc1. The molecular formula is C24H21ClN2O2S. The Labute approximate surface area is 184 Å². The number of aromatic nitrogens is 1. The van der Waals surface area contributed by atoms with Crippen LogP contribution in [-0.2, 0) is 0 Å². The van der Waals surface area contributed by atoms with Gasteiger partial charge in [-0.25, -0.2) is 0 Å². The number of rotatable bonds is 7. The van der Waals surface area contributed by atoms with Crippen LogP contribution in [0.15, 0.2) is 77.7 Å². The summed E-state index contributed by atoms with van der Waals surface area (Å²) in [5.74, 6) is 1.41. The molecule has 30 heavy (non-hydrogen) atoms. The number of H-pyrrole nitrogens is 1. The van der Waals surface area contributed by atoms with E-state index in [2.05, 4.69) is 22.4 Å². The Kier molecular flexibility index (Phi) is 6.31. The molecule has 0 radical (unpaired) electrons. The number of methoxy groups -OCH3 is 1. The summed E-state index contributed by atoms with van der Waals surface area (Å²) in [5, 5.41) is 4.58. The third kappa shape index (κ3) is 4.32. The lowest BCUT2D eigenvalue weighted by Crippen LogP contribution is -2.25. The van der Waals surface area contributed by atoms with E-state index in [4.69, 9.17) is 16.3 Å². The number of benzene rings is 3. The van der Waals surface area contributed by atoms with Crippen molar-refractivity contribution in [3.8, 4) is 17.0 Å². The van der Waals surface area contributed by atoms with Crippen molar-refractivity contribution >= 4 is 40.2 Å². The minimum Gasteiger partial charge on any atom is -0.497 e. The fourth-order valence-corrected chi connectivity index (χ4v) is 4.56. The van der Waals surface area contributed by atoms with Crippen molar-refractivity contribution in [2.75, 3.05) is 19.4 Å². The zero-order valence-electron chi connectivity index (χ0n) is 16.4. The average Bonchev–Trinajstić information content (AvgIpc) is 3.15. The second kappa shape index (κ2) is 9.28. The van der Waals surface area contributed by atoms with Crippen molar-refractivity contribution < 1.29 is 9.53 Å². The Morgan fingerprint density at radius 1 is 1.03 bits per heavy atom. The van der Waals surface area contributed by atoms with Crippen LogP contribution in [0.2, 0.25) is 5.02 Å². The first-order chi connectivity index (χ1) is 14.7. The fraction of sp³-hybridized carbons (Fsp3) is 0.125. The lowest BCUT2D eigenvalue weighted by Gasteiger charge is -2.08. The van der Waals surface area contributed by atoms with Gasteiger partial charge in [-0.1, -0.05) is 41.9 Å². The van der Waals surface area contributed by atoms with Gasteiger partial charge in [-0.05, 0) is 48.0 Å². The standard InChI is InChI=1S/C24H21ClN2O2S/c1-29-17-12-10-16(11-13-17)22-23(19-7-3-5-9-21(19)27-22)30-15-14-26-24(28)18-6-2-4-8-20(18)25/h2-13,27H,14-15H2,1H3,(H,26,28). The number of nitrogens with one attached hydrogen (secondary N) is 2. The maximum absolute atomic E-state index is 12.4. The second-order valence-electron chi connectivity index (χ2n) is 6.69. The lowest BCUT2D eigenvalue weighted by atomic mass is 10.1. The van der Waals surface area contributed by atoms with E-state index >= 15 is 0 Å². The van der Waals surface area contributed by atoms with Gasteiger partial charge < -0.3 is 15.0 Å². The minimum absolute atomic E-state index is 0.157. The summed E-state index contributed by atoms with van der Waals surface area (Å²) in [6, 6.07) is 23.3. The van der Waals surface area contributed by atoms with E-state index < -0.39 is 0 Å². The first kappa shape index (κ1) is 20.4. The highest BCUT2D eigenvalue weighted by Gasteiger charge is 2.14. The van der Waals surface area contributed by atoms with Crippen molar-refractivity contribution in [1.29, 1.82) is 0 Å². The van der Waals surface area contributed by atoms with Gasteiger partial charge in [0.1, 0.15) is 5.75 Å². The fourth-order valence-electron chi connectivity index (χ4n) is 3.29. The molecule has 0 atom stereocenters. The number of amides is 1. The monoisotopic (exact) mass is 436 g/mol. The third-order valence-corrected chi connectivity index (χ3v) is 6.24. The topological polar surface area (TPSA) is 54.1 Å². The summed E-state index contributed by atoms with van der Waals surface area (Å²) >= 11 is 7.83. The number of hydrogen-bond donors (Lipinski definition) is 2. The molecule has 0 aliphatic rings. The van der Waals surface area contributed by atoms with E-state index in [9.17, 15) is 4.79 Å². The number of carbonyl (C=O) groups is 1. The Bertz CT molecular complexity index is 1170. The molecule has 4 rings (SSSR count). The van der Waals surface area contributed by atoms with Crippen LogP contribution in [0.3, 0.4) is 0 Å². The molecule has 3 aromatic carbocycles. The number of halogens is 1. The molecule has 0 fully saturated rings. The second-order valence-corrected chi connectivity index (χ2v) is 8.20. The number of ether oxygens (including phenoxy) is 1. The number of thioether (sulfide) groups is 1. The molecule has 4 aromatic rings. The van der Waals surface area contributed by atoms with E-state index in [1.54, 1.807) is 31.0 Å². The van der Waals surface area contributed by atoms with E-state index in [0.29, 0.717) is 17.1 Å². The molecule has 0 aliphatic heterocycles. The molecule has 1 amide bonds. The molecule has 0 spiro atoms. The zero-order valence-corrected chi connectivity index (χ0v) is 18.0. The van der Waals surface area contributed by atoms with Crippen LogP contribution in [0.1, 0.15) is 10.4 Å². The zero-order chi connectivity index (χ0) is 20.9. The molecule has 1 aromatic heterocycles. The molecule has 0 bridgehead atoms. The van der Waals surface area contributed by atoms with Gasteiger partial charge in [0.05, 0.1) is 23.4 Å². The van der Waals surface area contributed by atoms with E-state index in [-0.39, 0.29) is 5.91 Å². The molecule has 4 nitrogen and oxygen atoms in total. The van der Waals surface area contributed by atoms with Gasteiger partial charge in [-0.15, -0.1) is 11.8 Å². The highest BCUT2D eigenvalue weighted by atomic mass is 35.5. The molecule has 0 aliphatic carbocycles. The van der Waals surface area contributed by atoms with Crippen molar-refractivity contribution in [2.45, 2.75) is 4.90 Å². The minimum atomic E-state index is -0.157. The largest absolute Gasteiger partial charge is 0.497 e. The number of para-hydroxylation sites is 1. The Hall–Kier alpha value is -2.89. The van der Waals surface area contributed by atoms with Gasteiger partial charge >= 0.3 is 0 Å². The number of fused-ring (bicyclic) bond motifs is 1. The predicted octanol–water partition coefficient (Wildman–Crippen LogP) is 6.02. The van der Waals surface area contributed by atoms with Crippen LogP contribution < -0.4 is 10.1 Å². The molecule has 0 unspecified atom stereocenters. The van der Waals surface area contributed by atoms with Crippen LogP contribution in [-0.4, -0.2) is 30.3 Å². The van der Waals surface area contributed by atoms with Gasteiger partial charge in [0.25, 0.3) is 5.91 Å². The van der Waals surface area contributed by atoms with Gasteiger partial charge in [-0.2, -0.15) is 0 Å². The average molecular weight is 437 g/mol. The van der Waals surface area contributed by atoms with Crippen molar-refractivity contribution in [2.24, 2.45) is 0 Å².